The molecule has 1 fully saturated rings. The van der Waals surface area contributed by atoms with Crippen molar-refractivity contribution in [3.63, 3.8) is 0 Å². The average Bonchev–Trinajstić information content (AvgIpc) is 3.44. The molecular weight excluding hydrogens is 458 g/mol. The minimum atomic E-state index is -0.187. The maximum absolute atomic E-state index is 12.2. The lowest BCUT2D eigenvalue weighted by molar-refractivity contribution is -0.120. The highest BCUT2D eigenvalue weighted by Crippen LogP contribution is 2.45. The summed E-state index contributed by atoms with van der Waals surface area (Å²) in [6, 6.07) is 23.7. The number of hydrogen-bond donors (Lipinski definition) is 2. The van der Waals surface area contributed by atoms with Crippen molar-refractivity contribution in [3.8, 4) is 22.8 Å². The fourth-order valence-corrected chi connectivity index (χ4v) is 4.21. The summed E-state index contributed by atoms with van der Waals surface area (Å²) in [6.45, 7) is 2.00. The zero-order valence-electron chi connectivity index (χ0n) is 19.9. The summed E-state index contributed by atoms with van der Waals surface area (Å²) in [5.74, 6) is 1.13. The van der Waals surface area contributed by atoms with E-state index in [1.54, 1.807) is 0 Å². The first-order valence-electron chi connectivity index (χ1n) is 11.5. The van der Waals surface area contributed by atoms with Crippen LogP contribution in [0.5, 0.6) is 0 Å². The van der Waals surface area contributed by atoms with Gasteiger partial charge in [-0.15, -0.1) is 0 Å². The minimum absolute atomic E-state index is 0.0967. The molecule has 5 rings (SSSR count). The predicted octanol–water partition coefficient (Wildman–Crippen LogP) is 6.33. The SMILES string of the molecule is CN(C)c1cccc(-c2nc(-c3cccc(SNc4ccc(NC(=O)C5(C)CC5)cc4)c3)no2)c1. The van der Waals surface area contributed by atoms with Crippen LogP contribution in [0.4, 0.5) is 17.1 Å². The smallest absolute Gasteiger partial charge is 0.258 e. The molecule has 4 aromatic rings. The molecule has 1 aliphatic rings. The summed E-state index contributed by atoms with van der Waals surface area (Å²) < 4.78 is 8.89. The van der Waals surface area contributed by atoms with E-state index >= 15 is 0 Å². The van der Waals surface area contributed by atoms with Crippen LogP contribution in [-0.4, -0.2) is 30.1 Å². The van der Waals surface area contributed by atoms with Gasteiger partial charge in [-0.1, -0.05) is 30.3 Å². The molecule has 1 amide bonds. The Labute approximate surface area is 209 Å². The number of rotatable bonds is 8. The summed E-state index contributed by atoms with van der Waals surface area (Å²) >= 11 is 1.50. The molecule has 35 heavy (non-hydrogen) atoms. The van der Waals surface area contributed by atoms with E-state index in [0.29, 0.717) is 11.7 Å². The number of carbonyl (C=O) groups excluding carboxylic acids is 1. The first-order chi connectivity index (χ1) is 16.9. The average molecular weight is 486 g/mol. The summed E-state index contributed by atoms with van der Waals surface area (Å²) in [7, 11) is 3.99. The van der Waals surface area contributed by atoms with Crippen LogP contribution >= 0.6 is 11.9 Å². The number of nitrogens with zero attached hydrogens (tertiary/aromatic N) is 3. The van der Waals surface area contributed by atoms with Gasteiger partial charge in [0.15, 0.2) is 0 Å². The van der Waals surface area contributed by atoms with Crippen LogP contribution in [0.15, 0.2) is 82.2 Å². The Morgan fingerprint density at radius 2 is 1.69 bits per heavy atom. The molecule has 0 atom stereocenters. The van der Waals surface area contributed by atoms with Gasteiger partial charge in [-0.05, 0) is 79.4 Å². The second-order valence-corrected chi connectivity index (χ2v) is 10.1. The molecule has 0 saturated heterocycles. The van der Waals surface area contributed by atoms with Gasteiger partial charge in [0.1, 0.15) is 0 Å². The normalized spacial score (nSPS) is 13.8. The van der Waals surface area contributed by atoms with Crippen LogP contribution in [-0.2, 0) is 4.79 Å². The van der Waals surface area contributed by atoms with Gasteiger partial charge in [0, 0.05) is 52.6 Å². The molecule has 0 unspecified atom stereocenters. The fourth-order valence-electron chi connectivity index (χ4n) is 3.51. The van der Waals surface area contributed by atoms with Gasteiger partial charge in [-0.2, -0.15) is 4.98 Å². The molecule has 178 valence electrons. The third-order valence-corrected chi connectivity index (χ3v) is 6.93. The van der Waals surface area contributed by atoms with Crippen molar-refractivity contribution in [2.24, 2.45) is 5.41 Å². The molecule has 0 spiro atoms. The van der Waals surface area contributed by atoms with Crippen molar-refractivity contribution in [2.45, 2.75) is 24.7 Å². The molecule has 2 N–H and O–H groups in total. The van der Waals surface area contributed by atoms with Gasteiger partial charge in [0.25, 0.3) is 5.89 Å². The van der Waals surface area contributed by atoms with Gasteiger partial charge < -0.3 is 19.5 Å². The molecule has 3 aromatic carbocycles. The van der Waals surface area contributed by atoms with Gasteiger partial charge in [-0.3, -0.25) is 4.79 Å². The third kappa shape index (κ3) is 5.33. The molecule has 8 heteroatoms. The summed E-state index contributed by atoms with van der Waals surface area (Å²) in [5, 5.41) is 7.18. The first-order valence-corrected chi connectivity index (χ1v) is 12.3. The second kappa shape index (κ2) is 9.46. The summed E-state index contributed by atoms with van der Waals surface area (Å²) in [6.07, 6.45) is 1.92. The second-order valence-electron chi connectivity index (χ2n) is 9.19. The van der Waals surface area contributed by atoms with E-state index in [4.69, 9.17) is 4.52 Å². The Morgan fingerprint density at radius 3 is 2.43 bits per heavy atom. The Hall–Kier alpha value is -3.78. The number of benzene rings is 3. The molecule has 0 bridgehead atoms. The molecule has 7 nitrogen and oxygen atoms in total. The van der Waals surface area contributed by atoms with Crippen LogP contribution in [0.25, 0.3) is 22.8 Å². The summed E-state index contributed by atoms with van der Waals surface area (Å²) in [5.41, 5.74) is 4.39. The van der Waals surface area contributed by atoms with Crippen molar-refractivity contribution < 1.29 is 9.32 Å². The van der Waals surface area contributed by atoms with Crippen molar-refractivity contribution in [1.29, 1.82) is 0 Å². The van der Waals surface area contributed by atoms with Crippen molar-refractivity contribution in [2.75, 3.05) is 29.0 Å². The number of nitrogens with one attached hydrogen (secondary N) is 2. The molecule has 1 saturated carbocycles. The van der Waals surface area contributed by atoms with Gasteiger partial charge in [-0.25, -0.2) is 0 Å². The molecule has 1 heterocycles. The van der Waals surface area contributed by atoms with Crippen molar-refractivity contribution in [3.05, 3.63) is 72.8 Å². The van der Waals surface area contributed by atoms with Gasteiger partial charge in [0.05, 0.1) is 0 Å². The van der Waals surface area contributed by atoms with E-state index in [-0.39, 0.29) is 11.3 Å². The topological polar surface area (TPSA) is 83.3 Å². The van der Waals surface area contributed by atoms with E-state index in [1.165, 1.54) is 11.9 Å². The van der Waals surface area contributed by atoms with Crippen LogP contribution in [0.3, 0.4) is 0 Å². The van der Waals surface area contributed by atoms with Crippen LogP contribution in [0.1, 0.15) is 19.8 Å². The molecular formula is C27H27N5O2S. The highest BCUT2D eigenvalue weighted by molar-refractivity contribution is 8.00. The van der Waals surface area contributed by atoms with E-state index in [9.17, 15) is 4.79 Å². The number of hydrogen-bond acceptors (Lipinski definition) is 7. The highest BCUT2D eigenvalue weighted by atomic mass is 32.2. The first kappa shape index (κ1) is 23.0. The largest absolute Gasteiger partial charge is 0.378 e. The minimum Gasteiger partial charge on any atom is -0.378 e. The van der Waals surface area contributed by atoms with Crippen LogP contribution in [0.2, 0.25) is 0 Å². The number of anilines is 3. The Morgan fingerprint density at radius 1 is 0.971 bits per heavy atom. The van der Waals surface area contributed by atoms with E-state index in [2.05, 4.69) is 20.2 Å². The zero-order chi connectivity index (χ0) is 24.4. The Kier molecular flexibility index (Phi) is 6.21. The zero-order valence-corrected chi connectivity index (χ0v) is 20.7. The quantitative estimate of drug-likeness (QED) is 0.282. The fraction of sp³-hybridized carbons (Fsp3) is 0.222. The standard InChI is InChI=1S/C27H27N5O2S/c1-27(14-15-27)26(33)28-20-10-12-21(13-11-20)31-35-23-9-5-6-18(17-23)24-29-25(34-30-24)19-7-4-8-22(16-19)32(2)3/h4-13,16-17,31H,14-15H2,1-3H3,(H,28,33). The van der Waals surface area contributed by atoms with Crippen LogP contribution in [0, 0.1) is 5.41 Å². The molecule has 0 aliphatic heterocycles. The Bertz CT molecular complexity index is 1350. The van der Waals surface area contributed by atoms with E-state index in [1.807, 2.05) is 98.7 Å². The maximum Gasteiger partial charge on any atom is 0.258 e. The van der Waals surface area contributed by atoms with Crippen LogP contribution < -0.4 is 14.9 Å². The highest BCUT2D eigenvalue weighted by Gasteiger charge is 2.44. The molecule has 0 radical (unpaired) electrons. The Balaban J connectivity index is 1.23. The number of carbonyl (C=O) groups is 1. The van der Waals surface area contributed by atoms with Gasteiger partial charge >= 0.3 is 0 Å². The number of aromatic nitrogens is 2. The van der Waals surface area contributed by atoms with E-state index in [0.717, 1.165) is 45.9 Å². The molecule has 1 aromatic heterocycles. The van der Waals surface area contributed by atoms with Gasteiger partial charge in [0.2, 0.25) is 11.7 Å². The van der Waals surface area contributed by atoms with Crippen molar-refractivity contribution >= 4 is 34.9 Å². The maximum atomic E-state index is 12.2. The van der Waals surface area contributed by atoms with E-state index < -0.39 is 0 Å². The lowest BCUT2D eigenvalue weighted by Crippen LogP contribution is -2.21. The predicted molar refractivity (Wildman–Crippen MR) is 141 cm³/mol. The lowest BCUT2D eigenvalue weighted by Gasteiger charge is -2.12. The summed E-state index contributed by atoms with van der Waals surface area (Å²) in [4.78, 5) is 19.9. The molecule has 1 aliphatic carbocycles. The monoisotopic (exact) mass is 485 g/mol. The van der Waals surface area contributed by atoms with Crippen molar-refractivity contribution in [1.82, 2.24) is 10.1 Å². The lowest BCUT2D eigenvalue weighted by atomic mass is 10.1. The third-order valence-electron chi connectivity index (χ3n) is 6.11. The number of amides is 1.